The van der Waals surface area contributed by atoms with Crippen LogP contribution in [0.15, 0.2) is 24.3 Å². The molecule has 1 aromatic rings. The Morgan fingerprint density at radius 2 is 2.10 bits per heavy atom. The predicted octanol–water partition coefficient (Wildman–Crippen LogP) is 1.63. The number of rotatable bonds is 5. The summed E-state index contributed by atoms with van der Waals surface area (Å²) in [6.45, 7) is 4.14. The van der Waals surface area contributed by atoms with Crippen LogP contribution in [0.3, 0.4) is 0 Å². The second-order valence-corrected chi connectivity index (χ2v) is 5.10. The molecule has 1 atom stereocenters. The third-order valence-electron chi connectivity index (χ3n) is 3.55. The molecule has 0 saturated carbocycles. The summed E-state index contributed by atoms with van der Waals surface area (Å²) in [7, 11) is 1.73. The molecule has 0 bridgehead atoms. The van der Waals surface area contributed by atoms with Gasteiger partial charge in [0.1, 0.15) is 0 Å². The highest BCUT2D eigenvalue weighted by Gasteiger charge is 2.32. The second-order valence-electron chi connectivity index (χ2n) is 5.10. The number of carbonyl (C=O) groups is 2. The van der Waals surface area contributed by atoms with E-state index in [2.05, 4.69) is 10.6 Å². The lowest BCUT2D eigenvalue weighted by molar-refractivity contribution is -0.127. The van der Waals surface area contributed by atoms with Crippen molar-refractivity contribution < 1.29 is 9.59 Å². The van der Waals surface area contributed by atoms with Crippen LogP contribution < -0.4 is 10.6 Å². The number of halogens is 1. The van der Waals surface area contributed by atoms with E-state index in [0.29, 0.717) is 13.0 Å². The molecule has 5 nitrogen and oxygen atoms in total. The fraction of sp³-hybridized carbons (Fsp3) is 0.467. The molecule has 1 aromatic carbocycles. The van der Waals surface area contributed by atoms with Gasteiger partial charge in [0.15, 0.2) is 0 Å². The molecule has 1 aliphatic heterocycles. The Bertz CT molecular complexity index is 507. The lowest BCUT2D eigenvalue weighted by atomic mass is 10.1. The molecular weight excluding hydrogens is 290 g/mol. The Kier molecular flexibility index (Phi) is 6.65. The van der Waals surface area contributed by atoms with E-state index in [9.17, 15) is 9.59 Å². The van der Waals surface area contributed by atoms with Crippen LogP contribution in [0, 0.1) is 5.92 Å². The molecule has 1 aliphatic rings. The van der Waals surface area contributed by atoms with Gasteiger partial charge in [-0.1, -0.05) is 25.1 Å². The smallest absolute Gasteiger partial charge is 0.229 e. The highest BCUT2D eigenvalue weighted by atomic mass is 35.5. The summed E-state index contributed by atoms with van der Waals surface area (Å²) in [5, 5.41) is 6.19. The third kappa shape index (κ3) is 4.44. The zero-order valence-electron chi connectivity index (χ0n) is 12.4. The van der Waals surface area contributed by atoms with Crippen molar-refractivity contribution in [1.29, 1.82) is 0 Å². The van der Waals surface area contributed by atoms with Crippen LogP contribution in [-0.2, 0) is 16.1 Å². The molecule has 1 fully saturated rings. The van der Waals surface area contributed by atoms with Crippen LogP contribution in [0.5, 0.6) is 0 Å². The van der Waals surface area contributed by atoms with Gasteiger partial charge in [-0.25, -0.2) is 0 Å². The first kappa shape index (κ1) is 17.5. The van der Waals surface area contributed by atoms with Crippen molar-refractivity contribution in [1.82, 2.24) is 10.2 Å². The number of nitrogens with one attached hydrogen (secondary N) is 2. The van der Waals surface area contributed by atoms with Crippen molar-refractivity contribution in [3.05, 3.63) is 29.8 Å². The minimum Gasteiger partial charge on any atom is -0.345 e. The van der Waals surface area contributed by atoms with Gasteiger partial charge in [-0.15, -0.1) is 12.4 Å². The number of hydrogen-bond donors (Lipinski definition) is 2. The van der Waals surface area contributed by atoms with Gasteiger partial charge in [-0.05, 0) is 18.2 Å². The lowest BCUT2D eigenvalue weighted by Gasteiger charge is -2.14. The van der Waals surface area contributed by atoms with Gasteiger partial charge in [0, 0.05) is 32.2 Å². The van der Waals surface area contributed by atoms with Crippen molar-refractivity contribution >= 4 is 29.9 Å². The molecule has 1 saturated heterocycles. The van der Waals surface area contributed by atoms with E-state index in [0.717, 1.165) is 24.3 Å². The van der Waals surface area contributed by atoms with E-state index in [4.69, 9.17) is 0 Å². The molecule has 21 heavy (non-hydrogen) atoms. The number of anilines is 1. The summed E-state index contributed by atoms with van der Waals surface area (Å²) in [5.74, 6) is -0.294. The summed E-state index contributed by atoms with van der Waals surface area (Å²) in [4.78, 5) is 25.3. The normalized spacial score (nSPS) is 17.5. The standard InChI is InChI=1S/C15H21N3O2.ClH/c1-3-16-9-11-6-4-5-7-13(11)17-15(20)12-8-14(19)18(2)10-12;/h4-7,12,16H,3,8-10H2,1-2H3,(H,17,20);1H. The number of hydrogen-bond acceptors (Lipinski definition) is 3. The quantitative estimate of drug-likeness (QED) is 0.869. The zero-order chi connectivity index (χ0) is 14.5. The highest BCUT2D eigenvalue weighted by Crippen LogP contribution is 2.20. The number of amides is 2. The molecule has 2 rings (SSSR count). The van der Waals surface area contributed by atoms with Crippen molar-refractivity contribution in [2.24, 2.45) is 5.92 Å². The molecule has 1 heterocycles. The Hall–Kier alpha value is -1.59. The number of likely N-dealkylation sites (tertiary alicyclic amines) is 1. The molecule has 0 spiro atoms. The number of nitrogens with zero attached hydrogens (tertiary/aromatic N) is 1. The van der Waals surface area contributed by atoms with E-state index in [-0.39, 0.29) is 30.1 Å². The van der Waals surface area contributed by atoms with Crippen LogP contribution in [-0.4, -0.2) is 36.9 Å². The van der Waals surface area contributed by atoms with E-state index in [1.807, 2.05) is 31.2 Å². The maximum Gasteiger partial charge on any atom is 0.229 e. The fourth-order valence-corrected chi connectivity index (χ4v) is 2.33. The van der Waals surface area contributed by atoms with E-state index >= 15 is 0 Å². The van der Waals surface area contributed by atoms with Crippen LogP contribution in [0.1, 0.15) is 18.9 Å². The molecule has 6 heteroatoms. The van der Waals surface area contributed by atoms with Crippen molar-refractivity contribution in [3.63, 3.8) is 0 Å². The molecular formula is C15H22ClN3O2. The molecule has 0 aliphatic carbocycles. The van der Waals surface area contributed by atoms with Crippen molar-refractivity contribution in [3.8, 4) is 0 Å². The minimum absolute atomic E-state index is 0. The van der Waals surface area contributed by atoms with E-state index < -0.39 is 0 Å². The topological polar surface area (TPSA) is 61.4 Å². The van der Waals surface area contributed by atoms with Crippen LogP contribution in [0.4, 0.5) is 5.69 Å². The average molecular weight is 312 g/mol. The van der Waals surface area contributed by atoms with Gasteiger partial charge >= 0.3 is 0 Å². The Balaban J connectivity index is 0.00000220. The number of benzene rings is 1. The zero-order valence-corrected chi connectivity index (χ0v) is 13.2. The van der Waals surface area contributed by atoms with Crippen molar-refractivity contribution in [2.75, 3.05) is 25.5 Å². The summed E-state index contributed by atoms with van der Waals surface area (Å²) in [5.41, 5.74) is 1.88. The first-order valence-corrected chi connectivity index (χ1v) is 6.95. The average Bonchev–Trinajstić information content (AvgIpc) is 2.78. The monoisotopic (exact) mass is 311 g/mol. The summed E-state index contributed by atoms with van der Waals surface area (Å²) in [6.07, 6.45) is 0.303. The van der Waals surface area contributed by atoms with E-state index in [1.165, 1.54) is 0 Å². The fourth-order valence-electron chi connectivity index (χ4n) is 2.33. The SMILES string of the molecule is CCNCc1ccccc1NC(=O)C1CC(=O)N(C)C1.Cl. The maximum atomic E-state index is 12.2. The number of para-hydroxylation sites is 1. The lowest BCUT2D eigenvalue weighted by Crippen LogP contribution is -2.26. The predicted molar refractivity (Wildman–Crippen MR) is 85.4 cm³/mol. The van der Waals surface area contributed by atoms with Crippen molar-refractivity contribution in [2.45, 2.75) is 19.9 Å². The van der Waals surface area contributed by atoms with Crippen LogP contribution in [0.2, 0.25) is 0 Å². The molecule has 2 N–H and O–H groups in total. The summed E-state index contributed by atoms with van der Waals surface area (Å²) < 4.78 is 0. The Morgan fingerprint density at radius 1 is 1.38 bits per heavy atom. The van der Waals surface area contributed by atoms with Crippen LogP contribution in [0.25, 0.3) is 0 Å². The Labute approximate surface area is 131 Å². The van der Waals surface area contributed by atoms with Crippen LogP contribution >= 0.6 is 12.4 Å². The first-order valence-electron chi connectivity index (χ1n) is 6.95. The minimum atomic E-state index is -0.250. The summed E-state index contributed by atoms with van der Waals surface area (Å²) in [6, 6.07) is 7.74. The van der Waals surface area contributed by atoms with Gasteiger partial charge in [0.2, 0.25) is 11.8 Å². The van der Waals surface area contributed by atoms with Gasteiger partial charge in [-0.3, -0.25) is 9.59 Å². The van der Waals surface area contributed by atoms with E-state index in [1.54, 1.807) is 11.9 Å². The maximum absolute atomic E-state index is 12.2. The highest BCUT2D eigenvalue weighted by molar-refractivity contribution is 5.97. The van der Waals surface area contributed by atoms with Gasteiger partial charge in [0.05, 0.1) is 5.92 Å². The largest absolute Gasteiger partial charge is 0.345 e. The summed E-state index contributed by atoms with van der Waals surface area (Å²) >= 11 is 0. The Morgan fingerprint density at radius 3 is 2.71 bits per heavy atom. The third-order valence-corrected chi connectivity index (χ3v) is 3.55. The molecule has 2 amide bonds. The second kappa shape index (κ2) is 8.00. The number of carbonyl (C=O) groups excluding carboxylic acids is 2. The molecule has 1 unspecified atom stereocenters. The van der Waals surface area contributed by atoms with Gasteiger partial charge < -0.3 is 15.5 Å². The molecule has 116 valence electrons. The van der Waals surface area contributed by atoms with Gasteiger partial charge in [-0.2, -0.15) is 0 Å². The first-order chi connectivity index (χ1) is 9.61. The molecule has 0 aromatic heterocycles. The molecule has 0 radical (unpaired) electrons. The van der Waals surface area contributed by atoms with Gasteiger partial charge in [0.25, 0.3) is 0 Å².